The van der Waals surface area contributed by atoms with Crippen LogP contribution in [0.25, 0.3) is 0 Å². The largest absolute Gasteiger partial charge is 0.494 e. The summed E-state index contributed by atoms with van der Waals surface area (Å²) in [6, 6.07) is 11.9. The molecule has 31 heavy (non-hydrogen) atoms. The molecule has 0 atom stereocenters. The molecule has 0 saturated carbocycles. The highest BCUT2D eigenvalue weighted by molar-refractivity contribution is 7.92. The van der Waals surface area contributed by atoms with Crippen molar-refractivity contribution in [2.75, 3.05) is 16.6 Å². The van der Waals surface area contributed by atoms with Gasteiger partial charge in [0.1, 0.15) is 11.6 Å². The predicted octanol–water partition coefficient (Wildman–Crippen LogP) is 4.56. The van der Waals surface area contributed by atoms with E-state index in [-0.39, 0.29) is 10.5 Å². The van der Waals surface area contributed by atoms with Crippen LogP contribution in [0.4, 0.5) is 24.5 Å². The first kappa shape index (κ1) is 22.2. The molecule has 0 aromatic heterocycles. The predicted molar refractivity (Wildman–Crippen MR) is 109 cm³/mol. The number of benzene rings is 3. The SMILES string of the molecule is CCOc1ccc(NS(=O)(=O)c2ccc(C(=O)Nc3cc(F)c(F)cc3F)cc2)cc1. The van der Waals surface area contributed by atoms with Gasteiger partial charge >= 0.3 is 0 Å². The molecule has 0 fully saturated rings. The summed E-state index contributed by atoms with van der Waals surface area (Å²) in [4.78, 5) is 12.1. The molecule has 3 aromatic rings. The lowest BCUT2D eigenvalue weighted by atomic mass is 10.2. The summed E-state index contributed by atoms with van der Waals surface area (Å²) < 4.78 is 72.7. The first-order chi connectivity index (χ1) is 14.7. The number of halogens is 3. The van der Waals surface area contributed by atoms with Crippen molar-refractivity contribution >= 4 is 27.3 Å². The molecule has 0 aliphatic rings. The van der Waals surface area contributed by atoms with E-state index in [1.165, 1.54) is 24.3 Å². The Kier molecular flexibility index (Phi) is 6.50. The van der Waals surface area contributed by atoms with Crippen LogP contribution in [0, 0.1) is 17.5 Å². The van der Waals surface area contributed by atoms with Gasteiger partial charge in [0, 0.05) is 23.4 Å². The van der Waals surface area contributed by atoms with E-state index in [2.05, 4.69) is 10.0 Å². The van der Waals surface area contributed by atoms with Gasteiger partial charge in [0.15, 0.2) is 11.6 Å². The summed E-state index contributed by atoms with van der Waals surface area (Å²) in [5.74, 6) is -4.08. The Hall–Kier alpha value is -3.53. The number of rotatable bonds is 7. The molecular weight excluding hydrogens is 433 g/mol. The van der Waals surface area contributed by atoms with Crippen LogP contribution in [0.5, 0.6) is 5.75 Å². The molecule has 0 saturated heterocycles. The molecule has 0 radical (unpaired) electrons. The average Bonchev–Trinajstić information content (AvgIpc) is 2.73. The smallest absolute Gasteiger partial charge is 0.261 e. The fourth-order valence-electron chi connectivity index (χ4n) is 2.60. The van der Waals surface area contributed by atoms with Crippen molar-refractivity contribution in [1.29, 1.82) is 0 Å². The Balaban J connectivity index is 1.72. The third-order valence-corrected chi connectivity index (χ3v) is 5.50. The lowest BCUT2D eigenvalue weighted by Gasteiger charge is -2.10. The molecule has 162 valence electrons. The minimum Gasteiger partial charge on any atom is -0.494 e. The van der Waals surface area contributed by atoms with Gasteiger partial charge in [0.2, 0.25) is 0 Å². The normalized spacial score (nSPS) is 11.1. The summed E-state index contributed by atoms with van der Waals surface area (Å²) in [5, 5.41) is 2.11. The van der Waals surface area contributed by atoms with E-state index in [1.807, 2.05) is 6.92 Å². The van der Waals surface area contributed by atoms with E-state index in [4.69, 9.17) is 4.74 Å². The molecule has 1 amide bonds. The van der Waals surface area contributed by atoms with Gasteiger partial charge in [0.05, 0.1) is 17.2 Å². The third kappa shape index (κ3) is 5.34. The van der Waals surface area contributed by atoms with Gasteiger partial charge in [-0.15, -0.1) is 0 Å². The maximum atomic E-state index is 13.7. The molecular formula is C21H17F3N2O4S. The number of ether oxygens (including phenoxy) is 1. The van der Waals surface area contributed by atoms with E-state index < -0.39 is 39.1 Å². The Morgan fingerprint density at radius 1 is 0.903 bits per heavy atom. The van der Waals surface area contributed by atoms with E-state index in [0.29, 0.717) is 30.2 Å². The van der Waals surface area contributed by atoms with Crippen molar-refractivity contribution < 1.29 is 31.1 Å². The Morgan fingerprint density at radius 2 is 1.52 bits per heavy atom. The highest BCUT2D eigenvalue weighted by Crippen LogP contribution is 2.22. The minimum absolute atomic E-state index is 0.0100. The third-order valence-electron chi connectivity index (χ3n) is 4.10. The van der Waals surface area contributed by atoms with Gasteiger partial charge in [-0.05, 0) is 55.5 Å². The van der Waals surface area contributed by atoms with E-state index >= 15 is 0 Å². The van der Waals surface area contributed by atoms with Crippen LogP contribution in [0.1, 0.15) is 17.3 Å². The van der Waals surface area contributed by atoms with E-state index in [0.717, 1.165) is 0 Å². The van der Waals surface area contributed by atoms with E-state index in [9.17, 15) is 26.4 Å². The van der Waals surface area contributed by atoms with Crippen molar-refractivity contribution in [1.82, 2.24) is 0 Å². The molecule has 3 aromatic carbocycles. The number of anilines is 2. The summed E-state index contributed by atoms with van der Waals surface area (Å²) in [6.45, 7) is 2.31. The quantitative estimate of drug-likeness (QED) is 0.517. The lowest BCUT2D eigenvalue weighted by Crippen LogP contribution is -2.15. The molecule has 0 bridgehead atoms. The average molecular weight is 450 g/mol. The summed E-state index contributed by atoms with van der Waals surface area (Å²) in [7, 11) is -3.93. The molecule has 0 aliphatic carbocycles. The standard InChI is InChI=1S/C21H17F3N2O4S/c1-2-30-15-7-5-14(6-8-15)26-31(28,29)16-9-3-13(4-10-16)21(27)25-20-12-18(23)17(22)11-19(20)24/h3-12,26H,2H2,1H3,(H,25,27). The number of carbonyl (C=O) groups is 1. The molecule has 0 unspecified atom stereocenters. The van der Waals surface area contributed by atoms with Crippen LogP contribution < -0.4 is 14.8 Å². The van der Waals surface area contributed by atoms with Gasteiger partial charge in [-0.3, -0.25) is 9.52 Å². The second-order valence-electron chi connectivity index (χ2n) is 6.29. The number of nitrogens with one attached hydrogen (secondary N) is 2. The number of carbonyl (C=O) groups excluding carboxylic acids is 1. The molecule has 3 rings (SSSR count). The highest BCUT2D eigenvalue weighted by atomic mass is 32.2. The Morgan fingerprint density at radius 3 is 2.13 bits per heavy atom. The molecule has 6 nitrogen and oxygen atoms in total. The van der Waals surface area contributed by atoms with Crippen LogP contribution in [0.2, 0.25) is 0 Å². The van der Waals surface area contributed by atoms with Crippen molar-refractivity contribution in [3.05, 3.63) is 83.7 Å². The van der Waals surface area contributed by atoms with Gasteiger partial charge in [-0.25, -0.2) is 21.6 Å². The number of amides is 1. The van der Waals surface area contributed by atoms with Crippen molar-refractivity contribution in [3.63, 3.8) is 0 Å². The zero-order chi connectivity index (χ0) is 22.6. The van der Waals surface area contributed by atoms with Gasteiger partial charge in [-0.2, -0.15) is 0 Å². The monoisotopic (exact) mass is 450 g/mol. The molecule has 10 heteroatoms. The highest BCUT2D eigenvalue weighted by Gasteiger charge is 2.17. The Labute approximate surface area is 176 Å². The summed E-state index contributed by atoms with van der Waals surface area (Å²) >= 11 is 0. The lowest BCUT2D eigenvalue weighted by molar-refractivity contribution is 0.102. The second kappa shape index (κ2) is 9.09. The van der Waals surface area contributed by atoms with Crippen molar-refractivity contribution in [3.8, 4) is 5.75 Å². The zero-order valence-electron chi connectivity index (χ0n) is 16.2. The van der Waals surface area contributed by atoms with Crippen LogP contribution in [-0.4, -0.2) is 20.9 Å². The maximum absolute atomic E-state index is 13.7. The first-order valence-electron chi connectivity index (χ1n) is 9.01. The molecule has 0 aliphatic heterocycles. The van der Waals surface area contributed by atoms with Gasteiger partial charge in [0.25, 0.3) is 15.9 Å². The number of hydrogen-bond acceptors (Lipinski definition) is 4. The molecule has 0 heterocycles. The minimum atomic E-state index is -3.93. The number of hydrogen-bond donors (Lipinski definition) is 2. The van der Waals surface area contributed by atoms with Crippen LogP contribution in [0.15, 0.2) is 65.6 Å². The number of sulfonamides is 1. The fourth-order valence-corrected chi connectivity index (χ4v) is 3.66. The van der Waals surface area contributed by atoms with Gasteiger partial charge in [-0.1, -0.05) is 0 Å². The second-order valence-corrected chi connectivity index (χ2v) is 7.97. The summed E-state index contributed by atoms with van der Waals surface area (Å²) in [5.41, 5.74) is -0.235. The fraction of sp³-hybridized carbons (Fsp3) is 0.0952. The van der Waals surface area contributed by atoms with E-state index in [1.54, 1.807) is 24.3 Å². The topological polar surface area (TPSA) is 84.5 Å². The summed E-state index contributed by atoms with van der Waals surface area (Å²) in [6.07, 6.45) is 0. The molecule has 2 N–H and O–H groups in total. The van der Waals surface area contributed by atoms with Crippen molar-refractivity contribution in [2.45, 2.75) is 11.8 Å². The van der Waals surface area contributed by atoms with Crippen molar-refractivity contribution in [2.24, 2.45) is 0 Å². The van der Waals surface area contributed by atoms with Crippen LogP contribution in [0.3, 0.4) is 0 Å². The van der Waals surface area contributed by atoms with Crippen LogP contribution in [-0.2, 0) is 10.0 Å². The van der Waals surface area contributed by atoms with Gasteiger partial charge < -0.3 is 10.1 Å². The zero-order valence-corrected chi connectivity index (χ0v) is 17.0. The molecule has 0 spiro atoms. The Bertz CT molecular complexity index is 1200. The maximum Gasteiger partial charge on any atom is 0.261 e. The first-order valence-corrected chi connectivity index (χ1v) is 10.5. The van der Waals surface area contributed by atoms with Crippen LogP contribution >= 0.6 is 0 Å².